The number of piperazine rings is 1. The van der Waals surface area contributed by atoms with Gasteiger partial charge in [-0.3, -0.25) is 4.90 Å². The van der Waals surface area contributed by atoms with E-state index < -0.39 is 27.9 Å². The van der Waals surface area contributed by atoms with Crippen molar-refractivity contribution in [1.29, 1.82) is 0 Å². The number of hydrogen-bond donors (Lipinski definition) is 2. The van der Waals surface area contributed by atoms with Crippen LogP contribution in [-0.4, -0.2) is 81.0 Å². The zero-order valence-electron chi connectivity index (χ0n) is 16.5. The van der Waals surface area contributed by atoms with Crippen LogP contribution in [0.2, 0.25) is 0 Å². The first kappa shape index (κ1) is 22.6. The first-order valence-corrected chi connectivity index (χ1v) is 11.4. The van der Waals surface area contributed by atoms with E-state index in [9.17, 15) is 26.4 Å². The van der Waals surface area contributed by atoms with Crippen LogP contribution in [0.4, 0.5) is 23.7 Å². The average Bonchev–Trinajstić information content (AvgIpc) is 3.08. The zero-order chi connectivity index (χ0) is 22.1. The lowest BCUT2D eigenvalue weighted by Crippen LogP contribution is -2.47. The van der Waals surface area contributed by atoms with E-state index in [1.807, 2.05) is 4.90 Å². The molecule has 2 aliphatic rings. The van der Waals surface area contributed by atoms with Gasteiger partial charge in [0.05, 0.1) is 11.8 Å². The number of anilines is 1. The molecule has 1 aromatic rings. The van der Waals surface area contributed by atoms with Gasteiger partial charge in [-0.15, -0.1) is 0 Å². The van der Waals surface area contributed by atoms with Crippen LogP contribution in [0, 0.1) is 0 Å². The summed E-state index contributed by atoms with van der Waals surface area (Å²) in [6.45, 7) is 2.78. The SMILES string of the molecule is CS(=O)(=O)N[C@@H]1CCN(c2cc(C(F)(F)F)ccc2CN2CCN(C(=O)O)CC2)C1. The van der Waals surface area contributed by atoms with E-state index in [4.69, 9.17) is 5.11 Å². The maximum Gasteiger partial charge on any atom is 0.416 e. The number of nitrogens with one attached hydrogen (secondary N) is 1. The smallest absolute Gasteiger partial charge is 0.416 e. The molecular formula is C18H25F3N4O4S. The summed E-state index contributed by atoms with van der Waals surface area (Å²) in [4.78, 5) is 16.2. The molecule has 30 heavy (non-hydrogen) atoms. The standard InChI is InChI=1S/C18H25F3N4O4S/c1-30(28,29)22-15-4-5-25(12-15)16-10-14(18(19,20)21)3-2-13(16)11-23-6-8-24(9-7-23)17(26)27/h2-3,10,15,22H,4-9,11-12H2,1H3,(H,26,27)/t15-/m1/s1. The average molecular weight is 450 g/mol. The molecule has 2 N–H and O–H groups in total. The molecule has 2 heterocycles. The first-order valence-electron chi connectivity index (χ1n) is 9.55. The number of rotatable bonds is 5. The van der Waals surface area contributed by atoms with E-state index in [0.29, 0.717) is 56.9 Å². The normalized spacial score (nSPS) is 21.3. The lowest BCUT2D eigenvalue weighted by molar-refractivity contribution is -0.137. The van der Waals surface area contributed by atoms with Gasteiger partial charge in [-0.05, 0) is 24.1 Å². The predicted molar refractivity (Wildman–Crippen MR) is 105 cm³/mol. The number of sulfonamides is 1. The van der Waals surface area contributed by atoms with Gasteiger partial charge in [0, 0.05) is 57.5 Å². The Morgan fingerprint density at radius 3 is 2.43 bits per heavy atom. The summed E-state index contributed by atoms with van der Waals surface area (Å²) in [6, 6.07) is 3.26. The molecule has 3 rings (SSSR count). The number of alkyl halides is 3. The molecule has 1 amide bonds. The summed E-state index contributed by atoms with van der Waals surface area (Å²) >= 11 is 0. The van der Waals surface area contributed by atoms with Crippen LogP contribution in [0.25, 0.3) is 0 Å². The summed E-state index contributed by atoms with van der Waals surface area (Å²) in [7, 11) is -3.41. The minimum Gasteiger partial charge on any atom is -0.465 e. The fraction of sp³-hybridized carbons (Fsp3) is 0.611. The first-order chi connectivity index (χ1) is 13.9. The second-order valence-corrected chi connectivity index (χ2v) is 9.49. The molecule has 0 bridgehead atoms. The molecule has 2 saturated heterocycles. The van der Waals surface area contributed by atoms with Gasteiger partial charge < -0.3 is 14.9 Å². The van der Waals surface area contributed by atoms with Gasteiger partial charge in [-0.1, -0.05) is 6.07 Å². The molecule has 0 aliphatic carbocycles. The number of nitrogens with zero attached hydrogens (tertiary/aromatic N) is 3. The Balaban J connectivity index is 1.79. The zero-order valence-corrected chi connectivity index (χ0v) is 17.3. The summed E-state index contributed by atoms with van der Waals surface area (Å²) < 4.78 is 65.3. The number of carbonyl (C=O) groups is 1. The molecule has 1 aromatic carbocycles. The van der Waals surface area contributed by atoms with Crippen LogP contribution in [-0.2, 0) is 22.7 Å². The Bertz CT molecular complexity index is 886. The maximum absolute atomic E-state index is 13.3. The van der Waals surface area contributed by atoms with Gasteiger partial charge in [-0.2, -0.15) is 13.2 Å². The van der Waals surface area contributed by atoms with Crippen molar-refractivity contribution in [1.82, 2.24) is 14.5 Å². The highest BCUT2D eigenvalue weighted by molar-refractivity contribution is 7.88. The Morgan fingerprint density at radius 1 is 1.20 bits per heavy atom. The van der Waals surface area contributed by atoms with Crippen LogP contribution in [0.15, 0.2) is 18.2 Å². The second-order valence-electron chi connectivity index (χ2n) is 7.71. The molecule has 0 spiro atoms. The fourth-order valence-corrected chi connectivity index (χ4v) is 4.68. The number of hydrogen-bond acceptors (Lipinski definition) is 5. The summed E-state index contributed by atoms with van der Waals surface area (Å²) in [5, 5.41) is 9.06. The van der Waals surface area contributed by atoms with E-state index in [0.717, 1.165) is 18.4 Å². The summed E-state index contributed by atoms with van der Waals surface area (Å²) in [5.74, 6) is 0. The lowest BCUT2D eigenvalue weighted by Gasteiger charge is -2.34. The highest BCUT2D eigenvalue weighted by Gasteiger charge is 2.33. The number of amides is 1. The quantitative estimate of drug-likeness (QED) is 0.709. The van der Waals surface area contributed by atoms with E-state index in [1.54, 1.807) is 4.90 Å². The van der Waals surface area contributed by atoms with Crippen LogP contribution in [0.5, 0.6) is 0 Å². The molecule has 2 aliphatic heterocycles. The van der Waals surface area contributed by atoms with Crippen molar-refractivity contribution in [3.63, 3.8) is 0 Å². The largest absolute Gasteiger partial charge is 0.465 e. The Labute approximate surface area is 173 Å². The van der Waals surface area contributed by atoms with Gasteiger partial charge in [-0.25, -0.2) is 17.9 Å². The molecule has 0 saturated carbocycles. The van der Waals surface area contributed by atoms with Gasteiger partial charge in [0.1, 0.15) is 0 Å². The van der Waals surface area contributed by atoms with Crippen molar-refractivity contribution in [2.75, 3.05) is 50.4 Å². The van der Waals surface area contributed by atoms with E-state index in [1.165, 1.54) is 11.0 Å². The van der Waals surface area contributed by atoms with Crippen LogP contribution in [0.3, 0.4) is 0 Å². The number of halogens is 3. The van der Waals surface area contributed by atoms with Gasteiger partial charge in [0.25, 0.3) is 0 Å². The van der Waals surface area contributed by atoms with E-state index >= 15 is 0 Å². The third-order valence-corrected chi connectivity index (χ3v) is 6.12. The van der Waals surface area contributed by atoms with Crippen LogP contribution >= 0.6 is 0 Å². The third-order valence-electron chi connectivity index (χ3n) is 5.36. The van der Waals surface area contributed by atoms with Gasteiger partial charge in [0.2, 0.25) is 10.0 Å². The Kier molecular flexibility index (Phi) is 6.48. The molecule has 2 fully saturated rings. The molecule has 1 atom stereocenters. The van der Waals surface area contributed by atoms with Crippen molar-refractivity contribution in [3.05, 3.63) is 29.3 Å². The molecule has 168 valence electrons. The van der Waals surface area contributed by atoms with Crippen molar-refractivity contribution >= 4 is 21.8 Å². The molecular weight excluding hydrogens is 425 g/mol. The van der Waals surface area contributed by atoms with Crippen LogP contribution < -0.4 is 9.62 Å². The second kappa shape index (κ2) is 8.60. The van der Waals surface area contributed by atoms with Crippen molar-refractivity contribution in [3.8, 4) is 0 Å². The van der Waals surface area contributed by atoms with E-state index in [-0.39, 0.29) is 12.6 Å². The molecule has 0 radical (unpaired) electrons. The topological polar surface area (TPSA) is 93.2 Å². The Hall–Kier alpha value is -2.05. The fourth-order valence-electron chi connectivity index (χ4n) is 3.88. The van der Waals surface area contributed by atoms with E-state index in [2.05, 4.69) is 4.72 Å². The van der Waals surface area contributed by atoms with Gasteiger partial charge >= 0.3 is 12.3 Å². The monoisotopic (exact) mass is 450 g/mol. The lowest BCUT2D eigenvalue weighted by atomic mass is 10.1. The predicted octanol–water partition coefficient (Wildman–Crippen LogP) is 1.63. The van der Waals surface area contributed by atoms with Crippen molar-refractivity contribution in [2.45, 2.75) is 25.2 Å². The molecule has 0 unspecified atom stereocenters. The summed E-state index contributed by atoms with van der Waals surface area (Å²) in [6.07, 6.45) is -3.90. The van der Waals surface area contributed by atoms with Crippen LogP contribution in [0.1, 0.15) is 17.5 Å². The minimum atomic E-state index is -4.48. The van der Waals surface area contributed by atoms with Crippen molar-refractivity contribution < 1.29 is 31.5 Å². The summed E-state index contributed by atoms with van der Waals surface area (Å²) in [5.41, 5.74) is 0.381. The minimum absolute atomic E-state index is 0.286. The number of carboxylic acid groups (broad SMARTS) is 1. The number of benzene rings is 1. The molecule has 12 heteroatoms. The van der Waals surface area contributed by atoms with Gasteiger partial charge in [0.15, 0.2) is 0 Å². The Morgan fingerprint density at radius 2 is 1.87 bits per heavy atom. The molecule has 0 aromatic heterocycles. The molecule has 8 nitrogen and oxygen atoms in total. The third kappa shape index (κ3) is 5.76. The highest BCUT2D eigenvalue weighted by Crippen LogP contribution is 2.35. The van der Waals surface area contributed by atoms with Crippen molar-refractivity contribution in [2.24, 2.45) is 0 Å². The maximum atomic E-state index is 13.3. The highest BCUT2D eigenvalue weighted by atomic mass is 32.2.